The number of carbonyl (C=O) groups is 1. The molecule has 210 valence electrons. The molecule has 0 bridgehead atoms. The van der Waals surface area contributed by atoms with Gasteiger partial charge in [0.1, 0.15) is 5.69 Å². The monoisotopic (exact) mass is 545 g/mol. The fourth-order valence-corrected chi connectivity index (χ4v) is 6.18. The van der Waals surface area contributed by atoms with E-state index >= 15 is 4.39 Å². The molecular weight excluding hydrogens is 509 g/mol. The summed E-state index contributed by atoms with van der Waals surface area (Å²) >= 11 is 0. The molecule has 0 spiro atoms. The summed E-state index contributed by atoms with van der Waals surface area (Å²) < 4.78 is 19.2. The van der Waals surface area contributed by atoms with Crippen LogP contribution in [0.25, 0.3) is 22.3 Å². The Kier molecular flexibility index (Phi) is 6.92. The third-order valence-corrected chi connectivity index (χ3v) is 8.64. The molecule has 6 rings (SSSR count). The predicted octanol–water partition coefficient (Wildman–Crippen LogP) is 4.90. The number of aromatic nitrogens is 5. The molecule has 1 aliphatic heterocycles. The Labute approximate surface area is 233 Å². The Morgan fingerprint density at radius 3 is 2.58 bits per heavy atom. The molecule has 1 saturated carbocycles. The summed E-state index contributed by atoms with van der Waals surface area (Å²) in [5.74, 6) is -0.412. The lowest BCUT2D eigenvalue weighted by Crippen LogP contribution is -2.32. The van der Waals surface area contributed by atoms with E-state index in [0.717, 1.165) is 49.8 Å². The summed E-state index contributed by atoms with van der Waals surface area (Å²) in [7, 11) is 3.90. The summed E-state index contributed by atoms with van der Waals surface area (Å²) in [5.41, 5.74) is 2.78. The molecule has 2 fully saturated rings. The van der Waals surface area contributed by atoms with E-state index in [-0.39, 0.29) is 17.3 Å². The minimum atomic E-state index is -0.700. The molecule has 4 aromatic rings. The molecule has 3 aromatic heterocycles. The fourth-order valence-electron chi connectivity index (χ4n) is 6.18. The van der Waals surface area contributed by atoms with Crippen molar-refractivity contribution in [3.8, 4) is 11.3 Å². The molecule has 1 aromatic carbocycles. The van der Waals surface area contributed by atoms with E-state index in [1.807, 2.05) is 6.92 Å². The van der Waals surface area contributed by atoms with E-state index in [4.69, 9.17) is 4.98 Å². The Morgan fingerprint density at radius 2 is 1.88 bits per heavy atom. The van der Waals surface area contributed by atoms with Gasteiger partial charge in [0.15, 0.2) is 5.82 Å². The number of aryl methyl sites for hydroxylation is 1. The summed E-state index contributed by atoms with van der Waals surface area (Å²) in [6.07, 6.45) is 9.64. The molecule has 1 saturated heterocycles. The van der Waals surface area contributed by atoms with Crippen LogP contribution >= 0.6 is 0 Å². The van der Waals surface area contributed by atoms with Crippen LogP contribution in [0.1, 0.15) is 73.3 Å². The first-order chi connectivity index (χ1) is 19.2. The van der Waals surface area contributed by atoms with Crippen molar-refractivity contribution in [2.45, 2.75) is 63.0 Å². The number of amides is 1. The highest BCUT2D eigenvalue weighted by atomic mass is 19.1. The van der Waals surface area contributed by atoms with Crippen LogP contribution in [0.5, 0.6) is 0 Å². The molecule has 40 heavy (non-hydrogen) atoms. The highest BCUT2D eigenvalue weighted by Crippen LogP contribution is 2.39. The van der Waals surface area contributed by atoms with Gasteiger partial charge in [0.2, 0.25) is 5.95 Å². The number of rotatable bonds is 5. The Balaban J connectivity index is 1.35. The largest absolute Gasteiger partial charge is 0.390 e. The second kappa shape index (κ2) is 10.4. The van der Waals surface area contributed by atoms with Crippen molar-refractivity contribution >= 4 is 22.9 Å². The van der Waals surface area contributed by atoms with E-state index in [1.54, 1.807) is 17.9 Å². The zero-order valence-corrected chi connectivity index (χ0v) is 23.3. The van der Waals surface area contributed by atoms with Crippen LogP contribution in [0, 0.1) is 5.82 Å². The van der Waals surface area contributed by atoms with Crippen molar-refractivity contribution in [3.63, 3.8) is 0 Å². The van der Waals surface area contributed by atoms with Gasteiger partial charge in [-0.05, 0) is 95.3 Å². The third kappa shape index (κ3) is 5.13. The van der Waals surface area contributed by atoms with Crippen LogP contribution in [0.15, 0.2) is 42.9 Å². The third-order valence-electron chi connectivity index (χ3n) is 8.64. The maximum atomic E-state index is 15.5. The zero-order valence-electron chi connectivity index (χ0n) is 23.3. The number of anilines is 1. The number of piperidine rings is 1. The number of benzene rings is 1. The normalized spacial score (nSPS) is 22.6. The molecular formula is C30H36FN7O2. The van der Waals surface area contributed by atoms with Gasteiger partial charge in [-0.3, -0.25) is 19.8 Å². The van der Waals surface area contributed by atoms with Crippen LogP contribution in [-0.4, -0.2) is 66.0 Å². The van der Waals surface area contributed by atoms with Crippen molar-refractivity contribution in [1.82, 2.24) is 29.2 Å². The van der Waals surface area contributed by atoms with Crippen LogP contribution in [-0.2, 0) is 7.05 Å². The first-order valence-corrected chi connectivity index (χ1v) is 14.1. The smallest absolute Gasteiger partial charge is 0.261 e. The summed E-state index contributed by atoms with van der Waals surface area (Å²) in [6.45, 7) is 4.01. The van der Waals surface area contributed by atoms with Crippen LogP contribution in [0.4, 0.5) is 10.3 Å². The number of fused-ring (bicyclic) bond motifs is 1. The molecule has 2 N–H and O–H groups in total. The highest BCUT2D eigenvalue weighted by molar-refractivity contribution is 6.05. The summed E-state index contributed by atoms with van der Waals surface area (Å²) in [6, 6.07) is 7.87. The fraction of sp³-hybridized carbons (Fsp3) is 0.467. The molecule has 0 unspecified atom stereocenters. The van der Waals surface area contributed by atoms with Crippen LogP contribution in [0.3, 0.4) is 0 Å². The van der Waals surface area contributed by atoms with E-state index < -0.39 is 17.3 Å². The van der Waals surface area contributed by atoms with Gasteiger partial charge in [-0.15, -0.1) is 0 Å². The van der Waals surface area contributed by atoms with Gasteiger partial charge in [-0.1, -0.05) is 6.07 Å². The number of hydrogen-bond donors (Lipinski definition) is 2. The first kappa shape index (κ1) is 26.6. The van der Waals surface area contributed by atoms with E-state index in [9.17, 15) is 9.90 Å². The Morgan fingerprint density at radius 1 is 1.12 bits per heavy atom. The van der Waals surface area contributed by atoms with Gasteiger partial charge in [-0.2, -0.15) is 5.10 Å². The number of halogens is 1. The molecule has 0 radical (unpaired) electrons. The van der Waals surface area contributed by atoms with Crippen LogP contribution in [0.2, 0.25) is 0 Å². The lowest BCUT2D eigenvalue weighted by Gasteiger charge is -2.34. The van der Waals surface area contributed by atoms with Gasteiger partial charge in [-0.25, -0.2) is 9.37 Å². The zero-order chi connectivity index (χ0) is 28.0. The summed E-state index contributed by atoms with van der Waals surface area (Å²) in [4.78, 5) is 24.9. The number of hydrogen-bond acceptors (Lipinski definition) is 6. The number of likely N-dealkylation sites (tertiary alicyclic amines) is 1. The van der Waals surface area contributed by atoms with Gasteiger partial charge in [0.05, 0.1) is 28.4 Å². The minimum absolute atomic E-state index is 0.0583. The number of nitrogens with zero attached hydrogens (tertiary/aromatic N) is 6. The SMILES string of the molecule is CN1CCC(c2ccc3c(c2)nc(NC(=O)c2ccnc(-c4cnn(C)c4)c2F)n3[C@H]2CC[C@@](C)(O)CC2)CC1. The van der Waals surface area contributed by atoms with Crippen LogP contribution < -0.4 is 5.32 Å². The number of imidazole rings is 1. The Hall–Kier alpha value is -3.63. The van der Waals surface area contributed by atoms with Crippen molar-refractivity contribution in [2.75, 3.05) is 25.5 Å². The molecule has 2 aliphatic rings. The number of carbonyl (C=O) groups excluding carboxylic acids is 1. The first-order valence-electron chi connectivity index (χ1n) is 14.1. The van der Waals surface area contributed by atoms with Gasteiger partial charge in [0, 0.05) is 31.0 Å². The average molecular weight is 546 g/mol. The standard InChI is InChI=1S/C30H36FN7O2/c1-30(40)11-6-22(7-12-30)38-25-5-4-20(19-9-14-36(2)15-10-19)16-24(25)34-29(38)35-28(39)23-8-13-32-27(26(23)31)21-17-33-37(3)18-21/h4-5,8,13,16-19,22,40H,6-7,9-12,14-15H2,1-3H3,(H,34,35,39)/t22-,30+. The highest BCUT2D eigenvalue weighted by Gasteiger charge is 2.32. The van der Waals surface area contributed by atoms with E-state index in [2.05, 4.69) is 50.1 Å². The number of aliphatic hydroxyl groups is 1. The number of nitrogens with one attached hydrogen (secondary N) is 1. The molecule has 1 amide bonds. The quantitative estimate of drug-likeness (QED) is 0.370. The molecule has 4 heterocycles. The molecule has 9 nitrogen and oxygen atoms in total. The van der Waals surface area contributed by atoms with Crippen molar-refractivity contribution in [2.24, 2.45) is 7.05 Å². The topological polar surface area (TPSA) is 101 Å². The Bertz CT molecular complexity index is 1540. The maximum Gasteiger partial charge on any atom is 0.261 e. The second-order valence-electron chi connectivity index (χ2n) is 11.7. The average Bonchev–Trinajstić information content (AvgIpc) is 3.52. The van der Waals surface area contributed by atoms with Gasteiger partial charge < -0.3 is 14.6 Å². The van der Waals surface area contributed by atoms with Crippen molar-refractivity contribution in [1.29, 1.82) is 0 Å². The van der Waals surface area contributed by atoms with Gasteiger partial charge >= 0.3 is 0 Å². The maximum absolute atomic E-state index is 15.5. The second-order valence-corrected chi connectivity index (χ2v) is 11.7. The predicted molar refractivity (Wildman–Crippen MR) is 152 cm³/mol. The number of pyridine rings is 1. The van der Waals surface area contributed by atoms with E-state index in [1.165, 1.54) is 24.0 Å². The van der Waals surface area contributed by atoms with Gasteiger partial charge in [0.25, 0.3) is 5.91 Å². The molecule has 10 heteroatoms. The molecule has 0 atom stereocenters. The van der Waals surface area contributed by atoms with Crippen molar-refractivity contribution < 1.29 is 14.3 Å². The van der Waals surface area contributed by atoms with E-state index in [0.29, 0.717) is 30.3 Å². The molecule has 1 aliphatic carbocycles. The minimum Gasteiger partial charge on any atom is -0.390 e. The lowest BCUT2D eigenvalue weighted by molar-refractivity contribution is 0.0106. The summed E-state index contributed by atoms with van der Waals surface area (Å²) in [5, 5.41) is 17.6. The van der Waals surface area contributed by atoms with Crippen molar-refractivity contribution in [3.05, 3.63) is 59.8 Å². The lowest BCUT2D eigenvalue weighted by atomic mass is 9.83.